The topological polar surface area (TPSA) is 93.9 Å². The number of nitrogens with two attached hydrogens (primary N) is 1. The van der Waals surface area contributed by atoms with Gasteiger partial charge in [-0.25, -0.2) is 14.8 Å². The van der Waals surface area contributed by atoms with Crippen LogP contribution in [0.25, 0.3) is 32.9 Å². The number of nitrogens with zero attached hydrogens (tertiary/aromatic N) is 2. The van der Waals surface area contributed by atoms with Gasteiger partial charge in [-0.3, -0.25) is 0 Å². The van der Waals surface area contributed by atoms with Crippen molar-refractivity contribution in [2.45, 2.75) is 19.8 Å². The molecule has 2 aromatic carbocycles. The van der Waals surface area contributed by atoms with Gasteiger partial charge in [-0.05, 0) is 28.5 Å². The fraction of sp³-hybridized carbons (Fsp3) is 0.190. The molecule has 0 radical (unpaired) electrons. The Morgan fingerprint density at radius 1 is 1.19 bits per heavy atom. The van der Waals surface area contributed by atoms with E-state index in [4.69, 9.17) is 10.5 Å². The molecule has 4 rings (SSSR count). The third-order valence-electron chi connectivity index (χ3n) is 4.69. The van der Waals surface area contributed by atoms with Crippen LogP contribution in [0.15, 0.2) is 42.6 Å². The number of ether oxygens (including phenoxy) is 1. The van der Waals surface area contributed by atoms with Gasteiger partial charge in [0.1, 0.15) is 17.3 Å². The normalized spacial score (nSPS) is 11.4. The molecule has 0 aliphatic rings. The smallest absolute Gasteiger partial charge is 0.338 e. The first-order valence-electron chi connectivity index (χ1n) is 8.75. The van der Waals surface area contributed by atoms with Crippen molar-refractivity contribution in [3.05, 3.63) is 54.0 Å². The fourth-order valence-corrected chi connectivity index (χ4v) is 3.30. The summed E-state index contributed by atoms with van der Waals surface area (Å²) in [4.78, 5) is 24.2. The third kappa shape index (κ3) is 2.79. The minimum atomic E-state index is -0.348. The summed E-state index contributed by atoms with van der Waals surface area (Å²) in [7, 11) is 1.38. The van der Waals surface area contributed by atoms with Crippen LogP contribution in [0.4, 0.5) is 5.82 Å². The fourth-order valence-electron chi connectivity index (χ4n) is 3.30. The number of esters is 1. The van der Waals surface area contributed by atoms with Gasteiger partial charge in [-0.1, -0.05) is 38.1 Å². The van der Waals surface area contributed by atoms with Crippen molar-refractivity contribution >= 4 is 33.6 Å². The van der Waals surface area contributed by atoms with Gasteiger partial charge in [0.05, 0.1) is 18.1 Å². The Morgan fingerprint density at radius 3 is 2.74 bits per heavy atom. The number of aromatic amines is 1. The van der Waals surface area contributed by atoms with Gasteiger partial charge in [0.2, 0.25) is 0 Å². The molecule has 0 spiro atoms. The number of carbonyl (C=O) groups excluding carboxylic acids is 1. The predicted molar refractivity (Wildman–Crippen MR) is 107 cm³/mol. The molecule has 3 N–H and O–H groups in total. The summed E-state index contributed by atoms with van der Waals surface area (Å²) in [6, 6.07) is 11.5. The number of rotatable bonds is 3. The van der Waals surface area contributed by atoms with E-state index in [9.17, 15) is 4.79 Å². The lowest BCUT2D eigenvalue weighted by molar-refractivity contribution is 0.0603. The van der Waals surface area contributed by atoms with Crippen molar-refractivity contribution in [3.63, 3.8) is 0 Å². The first-order chi connectivity index (χ1) is 13.0. The number of fused-ring (bicyclic) bond motifs is 2. The molecule has 0 saturated carbocycles. The minimum Gasteiger partial charge on any atom is -0.465 e. The highest BCUT2D eigenvalue weighted by atomic mass is 16.5. The minimum absolute atomic E-state index is 0.195. The highest BCUT2D eigenvalue weighted by molar-refractivity contribution is 6.07. The van der Waals surface area contributed by atoms with E-state index in [1.54, 1.807) is 6.07 Å². The molecule has 0 atom stereocenters. The summed E-state index contributed by atoms with van der Waals surface area (Å²) in [5.41, 5.74) is 9.42. The van der Waals surface area contributed by atoms with Crippen LogP contribution in [0, 0.1) is 0 Å². The highest BCUT2D eigenvalue weighted by Crippen LogP contribution is 2.34. The Morgan fingerprint density at radius 2 is 2.00 bits per heavy atom. The van der Waals surface area contributed by atoms with Crippen molar-refractivity contribution < 1.29 is 9.53 Å². The number of aromatic nitrogens is 3. The average Bonchev–Trinajstić information content (AvgIpc) is 3.11. The van der Waals surface area contributed by atoms with E-state index < -0.39 is 0 Å². The standard InChI is InChI=1S/C21H20N4O2/c1-11(2)19-24-18(22)17-16(10-23-20(17)25-19)13-7-8-14-12(9-13)5-4-6-15(14)21(26)27-3/h4-11H,1-3H3,(H3,22,23,24,25). The average molecular weight is 360 g/mol. The summed E-state index contributed by atoms with van der Waals surface area (Å²) in [6.45, 7) is 4.07. The summed E-state index contributed by atoms with van der Waals surface area (Å²) in [5.74, 6) is 1.03. The summed E-state index contributed by atoms with van der Waals surface area (Å²) < 4.78 is 4.87. The first kappa shape index (κ1) is 17.0. The Bertz CT molecular complexity index is 1180. The maximum atomic E-state index is 12.0. The molecule has 0 amide bonds. The number of hydrogen-bond donors (Lipinski definition) is 2. The number of anilines is 1. The molecule has 2 heterocycles. The van der Waals surface area contributed by atoms with Gasteiger partial charge in [0, 0.05) is 17.7 Å². The second-order valence-corrected chi connectivity index (χ2v) is 6.78. The molecule has 6 heteroatoms. The second kappa shape index (κ2) is 6.39. The van der Waals surface area contributed by atoms with Crippen LogP contribution in [0.2, 0.25) is 0 Å². The van der Waals surface area contributed by atoms with Gasteiger partial charge in [0.25, 0.3) is 0 Å². The van der Waals surface area contributed by atoms with E-state index >= 15 is 0 Å². The number of methoxy groups -OCH3 is 1. The van der Waals surface area contributed by atoms with E-state index in [1.165, 1.54) is 7.11 Å². The van der Waals surface area contributed by atoms with Crippen molar-refractivity contribution in [1.82, 2.24) is 15.0 Å². The van der Waals surface area contributed by atoms with Crippen LogP contribution < -0.4 is 5.73 Å². The van der Waals surface area contributed by atoms with E-state index in [0.29, 0.717) is 11.4 Å². The third-order valence-corrected chi connectivity index (χ3v) is 4.69. The zero-order valence-electron chi connectivity index (χ0n) is 15.4. The van der Waals surface area contributed by atoms with Gasteiger partial charge < -0.3 is 15.5 Å². The molecule has 27 heavy (non-hydrogen) atoms. The number of hydrogen-bond acceptors (Lipinski definition) is 5. The molecular weight excluding hydrogens is 340 g/mol. The summed E-state index contributed by atoms with van der Waals surface area (Å²) in [6.07, 6.45) is 1.89. The number of nitrogen functional groups attached to an aromatic ring is 1. The van der Waals surface area contributed by atoms with Gasteiger partial charge in [-0.15, -0.1) is 0 Å². The second-order valence-electron chi connectivity index (χ2n) is 6.78. The Labute approximate surface area is 156 Å². The van der Waals surface area contributed by atoms with E-state index in [2.05, 4.69) is 15.0 Å². The monoisotopic (exact) mass is 360 g/mol. The number of benzene rings is 2. The molecule has 0 aliphatic carbocycles. The Balaban J connectivity index is 1.89. The molecule has 2 aromatic heterocycles. The van der Waals surface area contributed by atoms with Crippen LogP contribution in [0.1, 0.15) is 35.9 Å². The number of H-pyrrole nitrogens is 1. The molecule has 136 valence electrons. The quantitative estimate of drug-likeness (QED) is 0.532. The summed E-state index contributed by atoms with van der Waals surface area (Å²) in [5, 5.41) is 2.60. The number of nitrogens with one attached hydrogen (secondary N) is 1. The van der Waals surface area contributed by atoms with E-state index in [-0.39, 0.29) is 11.9 Å². The van der Waals surface area contributed by atoms with Crippen LogP contribution >= 0.6 is 0 Å². The van der Waals surface area contributed by atoms with E-state index in [1.807, 2.05) is 50.4 Å². The van der Waals surface area contributed by atoms with Gasteiger partial charge >= 0.3 is 5.97 Å². The zero-order chi connectivity index (χ0) is 19.1. The summed E-state index contributed by atoms with van der Waals surface area (Å²) >= 11 is 0. The number of carbonyl (C=O) groups is 1. The van der Waals surface area contributed by atoms with Crippen molar-refractivity contribution in [2.24, 2.45) is 0 Å². The van der Waals surface area contributed by atoms with E-state index in [0.717, 1.165) is 38.8 Å². The van der Waals surface area contributed by atoms with Crippen molar-refractivity contribution in [3.8, 4) is 11.1 Å². The lowest BCUT2D eigenvalue weighted by Crippen LogP contribution is -2.02. The van der Waals surface area contributed by atoms with Crippen molar-refractivity contribution in [1.29, 1.82) is 0 Å². The predicted octanol–water partition coefficient (Wildman–Crippen LogP) is 4.27. The highest BCUT2D eigenvalue weighted by Gasteiger charge is 2.16. The van der Waals surface area contributed by atoms with Gasteiger partial charge in [-0.2, -0.15) is 0 Å². The largest absolute Gasteiger partial charge is 0.465 e. The Kier molecular flexibility index (Phi) is 4.03. The lowest BCUT2D eigenvalue weighted by atomic mass is 9.98. The van der Waals surface area contributed by atoms with Crippen LogP contribution in [0.5, 0.6) is 0 Å². The molecular formula is C21H20N4O2. The molecule has 0 bridgehead atoms. The molecule has 0 fully saturated rings. The van der Waals surface area contributed by atoms with Crippen LogP contribution in [-0.4, -0.2) is 28.0 Å². The molecule has 4 aromatic rings. The SMILES string of the molecule is COC(=O)c1cccc2cc(-c3c[nH]c4nc(C(C)C)nc(N)c34)ccc12. The maximum absolute atomic E-state index is 12.0. The molecule has 0 saturated heterocycles. The maximum Gasteiger partial charge on any atom is 0.338 e. The molecule has 0 unspecified atom stereocenters. The molecule has 0 aliphatic heterocycles. The first-order valence-corrected chi connectivity index (χ1v) is 8.75. The van der Waals surface area contributed by atoms with Gasteiger partial charge in [0.15, 0.2) is 0 Å². The zero-order valence-corrected chi connectivity index (χ0v) is 15.4. The molecule has 6 nitrogen and oxygen atoms in total. The van der Waals surface area contributed by atoms with Crippen molar-refractivity contribution in [2.75, 3.05) is 12.8 Å². The Hall–Kier alpha value is -3.41. The van der Waals surface area contributed by atoms with Crippen LogP contribution in [-0.2, 0) is 4.74 Å². The van der Waals surface area contributed by atoms with Crippen LogP contribution in [0.3, 0.4) is 0 Å². The lowest BCUT2D eigenvalue weighted by Gasteiger charge is -2.08.